The van der Waals surface area contributed by atoms with Gasteiger partial charge in [0.15, 0.2) is 5.82 Å². The molecule has 0 aliphatic rings. The molecule has 106 valence electrons. The predicted octanol–water partition coefficient (Wildman–Crippen LogP) is 2.32. The minimum absolute atomic E-state index is 0.333. The molecule has 1 rings (SSSR count). The Kier molecular flexibility index (Phi) is 5.60. The van der Waals surface area contributed by atoms with Crippen molar-refractivity contribution in [1.29, 1.82) is 0 Å². The monoisotopic (exact) mass is 265 g/mol. The van der Waals surface area contributed by atoms with Crippen LogP contribution in [-0.4, -0.2) is 30.6 Å². The van der Waals surface area contributed by atoms with Gasteiger partial charge in [-0.05, 0) is 25.8 Å². The Morgan fingerprint density at radius 2 is 2.16 bits per heavy atom. The maximum absolute atomic E-state index is 11.8. The second-order valence-electron chi connectivity index (χ2n) is 4.75. The highest BCUT2D eigenvalue weighted by Crippen LogP contribution is 2.25. The van der Waals surface area contributed by atoms with Gasteiger partial charge in [-0.1, -0.05) is 13.8 Å². The zero-order chi connectivity index (χ0) is 14.4. The second kappa shape index (κ2) is 6.97. The largest absolute Gasteiger partial charge is 0.462 e. The molecule has 5 nitrogen and oxygen atoms in total. The molecular formula is C14H23N3O2. The molecule has 1 aromatic heterocycles. The van der Waals surface area contributed by atoms with Crippen molar-refractivity contribution in [2.45, 2.75) is 27.7 Å². The molecule has 0 aliphatic carbocycles. The number of ether oxygens (including phenoxy) is 1. The van der Waals surface area contributed by atoms with Crippen LogP contribution < -0.4 is 10.6 Å². The van der Waals surface area contributed by atoms with E-state index in [9.17, 15) is 4.79 Å². The van der Waals surface area contributed by atoms with Gasteiger partial charge in [0.05, 0.1) is 17.9 Å². The first-order valence-corrected chi connectivity index (χ1v) is 6.67. The average Bonchev–Trinajstić information content (AvgIpc) is 2.36. The molecule has 0 bridgehead atoms. The van der Waals surface area contributed by atoms with E-state index >= 15 is 0 Å². The number of anilines is 2. The Bertz CT molecular complexity index is 433. The summed E-state index contributed by atoms with van der Waals surface area (Å²) in [6.07, 6.45) is 1.60. The van der Waals surface area contributed by atoms with Crippen LogP contribution >= 0.6 is 0 Å². The van der Waals surface area contributed by atoms with Crippen LogP contribution in [-0.2, 0) is 4.74 Å². The fourth-order valence-electron chi connectivity index (χ4n) is 1.91. The van der Waals surface area contributed by atoms with E-state index in [1.54, 1.807) is 19.2 Å². The summed E-state index contributed by atoms with van der Waals surface area (Å²) in [6, 6.07) is 1.60. The van der Waals surface area contributed by atoms with E-state index in [0.29, 0.717) is 29.6 Å². The third-order valence-electron chi connectivity index (χ3n) is 2.73. The molecule has 1 aromatic rings. The number of nitrogens with two attached hydrogens (primary N) is 1. The Morgan fingerprint density at radius 3 is 2.68 bits per heavy atom. The SMILES string of the molecule is CCOC(=O)c1ccnc(N(CC)CC(C)C)c1N. The molecule has 0 spiro atoms. The van der Waals surface area contributed by atoms with E-state index in [1.807, 2.05) is 6.92 Å². The highest BCUT2D eigenvalue weighted by Gasteiger charge is 2.18. The minimum atomic E-state index is -0.399. The van der Waals surface area contributed by atoms with Crippen molar-refractivity contribution in [3.8, 4) is 0 Å². The molecule has 0 unspecified atom stereocenters. The molecule has 0 atom stereocenters. The first kappa shape index (κ1) is 15.3. The van der Waals surface area contributed by atoms with E-state index < -0.39 is 5.97 Å². The van der Waals surface area contributed by atoms with Crippen LogP contribution in [0, 0.1) is 5.92 Å². The predicted molar refractivity (Wildman–Crippen MR) is 77.3 cm³/mol. The van der Waals surface area contributed by atoms with Crippen LogP contribution in [0.5, 0.6) is 0 Å². The van der Waals surface area contributed by atoms with Crippen molar-refractivity contribution in [1.82, 2.24) is 4.98 Å². The number of aromatic nitrogens is 1. The van der Waals surface area contributed by atoms with Gasteiger partial charge in [0, 0.05) is 19.3 Å². The number of rotatable bonds is 6. The summed E-state index contributed by atoms with van der Waals surface area (Å²) in [5.74, 6) is 0.749. The van der Waals surface area contributed by atoms with Crippen molar-refractivity contribution in [3.05, 3.63) is 17.8 Å². The molecule has 5 heteroatoms. The molecule has 0 aromatic carbocycles. The molecule has 0 saturated heterocycles. The Labute approximate surface area is 114 Å². The lowest BCUT2D eigenvalue weighted by molar-refractivity contribution is 0.0527. The molecule has 2 N–H and O–H groups in total. The van der Waals surface area contributed by atoms with Crippen LogP contribution in [0.25, 0.3) is 0 Å². The van der Waals surface area contributed by atoms with E-state index in [2.05, 4.69) is 23.7 Å². The Balaban J connectivity index is 3.08. The first-order chi connectivity index (χ1) is 9.01. The molecule has 0 amide bonds. The summed E-state index contributed by atoms with van der Waals surface area (Å²) in [5, 5.41) is 0. The summed E-state index contributed by atoms with van der Waals surface area (Å²) in [5.41, 5.74) is 6.84. The van der Waals surface area contributed by atoms with Crippen molar-refractivity contribution < 1.29 is 9.53 Å². The first-order valence-electron chi connectivity index (χ1n) is 6.67. The maximum atomic E-state index is 11.8. The smallest absolute Gasteiger partial charge is 0.340 e. The minimum Gasteiger partial charge on any atom is -0.462 e. The van der Waals surface area contributed by atoms with Crippen LogP contribution in [0.4, 0.5) is 11.5 Å². The van der Waals surface area contributed by atoms with Crippen molar-refractivity contribution in [2.24, 2.45) is 5.92 Å². The lowest BCUT2D eigenvalue weighted by atomic mass is 10.1. The van der Waals surface area contributed by atoms with Gasteiger partial charge in [-0.25, -0.2) is 9.78 Å². The van der Waals surface area contributed by atoms with Gasteiger partial charge in [0.25, 0.3) is 0 Å². The highest BCUT2D eigenvalue weighted by atomic mass is 16.5. The molecule has 0 radical (unpaired) electrons. The Morgan fingerprint density at radius 1 is 1.47 bits per heavy atom. The van der Waals surface area contributed by atoms with Crippen LogP contribution in [0.3, 0.4) is 0 Å². The van der Waals surface area contributed by atoms with E-state index in [-0.39, 0.29) is 0 Å². The topological polar surface area (TPSA) is 68.5 Å². The van der Waals surface area contributed by atoms with Crippen LogP contribution in [0.15, 0.2) is 12.3 Å². The van der Waals surface area contributed by atoms with Crippen molar-refractivity contribution in [3.63, 3.8) is 0 Å². The standard InChI is InChI=1S/C14H23N3O2/c1-5-17(9-10(3)4)13-12(15)11(7-8-16-13)14(18)19-6-2/h7-8,10H,5-6,9,15H2,1-4H3. The summed E-state index contributed by atoms with van der Waals surface area (Å²) in [4.78, 5) is 18.2. The third kappa shape index (κ3) is 3.84. The highest BCUT2D eigenvalue weighted by molar-refractivity contribution is 5.97. The van der Waals surface area contributed by atoms with Crippen molar-refractivity contribution >= 4 is 17.5 Å². The Hall–Kier alpha value is -1.78. The van der Waals surface area contributed by atoms with E-state index in [1.165, 1.54) is 0 Å². The number of nitrogen functional groups attached to an aromatic ring is 1. The molecule has 0 saturated carbocycles. The fraction of sp³-hybridized carbons (Fsp3) is 0.571. The normalized spacial score (nSPS) is 10.6. The van der Waals surface area contributed by atoms with Gasteiger partial charge in [-0.3, -0.25) is 0 Å². The van der Waals surface area contributed by atoms with Crippen molar-refractivity contribution in [2.75, 3.05) is 30.3 Å². The van der Waals surface area contributed by atoms with Gasteiger partial charge < -0.3 is 15.4 Å². The number of nitrogens with zero attached hydrogens (tertiary/aromatic N) is 2. The second-order valence-corrected chi connectivity index (χ2v) is 4.75. The number of hydrogen-bond acceptors (Lipinski definition) is 5. The maximum Gasteiger partial charge on any atom is 0.340 e. The molecule has 0 aliphatic heterocycles. The van der Waals surface area contributed by atoms with Gasteiger partial charge in [-0.15, -0.1) is 0 Å². The summed E-state index contributed by atoms with van der Waals surface area (Å²) in [6.45, 7) is 10.1. The average molecular weight is 265 g/mol. The summed E-state index contributed by atoms with van der Waals surface area (Å²) in [7, 11) is 0. The van der Waals surface area contributed by atoms with Gasteiger partial charge in [-0.2, -0.15) is 0 Å². The molecular weight excluding hydrogens is 242 g/mol. The summed E-state index contributed by atoms with van der Waals surface area (Å²) < 4.78 is 4.99. The van der Waals surface area contributed by atoms with E-state index in [0.717, 1.165) is 13.1 Å². The number of pyridine rings is 1. The molecule has 19 heavy (non-hydrogen) atoms. The summed E-state index contributed by atoms with van der Waals surface area (Å²) >= 11 is 0. The van der Waals surface area contributed by atoms with Crippen LogP contribution in [0.1, 0.15) is 38.1 Å². The number of esters is 1. The number of carbonyl (C=O) groups is 1. The van der Waals surface area contributed by atoms with Gasteiger partial charge >= 0.3 is 5.97 Å². The third-order valence-corrected chi connectivity index (χ3v) is 2.73. The van der Waals surface area contributed by atoms with E-state index in [4.69, 9.17) is 10.5 Å². The number of carbonyl (C=O) groups excluding carboxylic acids is 1. The zero-order valence-electron chi connectivity index (χ0n) is 12.1. The lowest BCUT2D eigenvalue weighted by Crippen LogP contribution is -2.29. The lowest BCUT2D eigenvalue weighted by Gasteiger charge is -2.25. The quantitative estimate of drug-likeness (QED) is 0.799. The number of hydrogen-bond donors (Lipinski definition) is 1. The van der Waals surface area contributed by atoms with Crippen LogP contribution in [0.2, 0.25) is 0 Å². The van der Waals surface area contributed by atoms with Gasteiger partial charge in [0.2, 0.25) is 0 Å². The van der Waals surface area contributed by atoms with Gasteiger partial charge in [0.1, 0.15) is 0 Å². The molecule has 0 fully saturated rings. The zero-order valence-corrected chi connectivity index (χ0v) is 12.1. The molecule has 1 heterocycles. The fourth-order valence-corrected chi connectivity index (χ4v) is 1.91.